The van der Waals surface area contributed by atoms with Gasteiger partial charge in [0, 0.05) is 5.56 Å². The van der Waals surface area contributed by atoms with Crippen LogP contribution in [0.15, 0.2) is 95.4 Å². The Bertz CT molecular complexity index is 1080. The predicted molar refractivity (Wildman–Crippen MR) is 112 cm³/mol. The number of esters is 1. The van der Waals surface area contributed by atoms with Crippen molar-refractivity contribution in [2.75, 3.05) is 0 Å². The summed E-state index contributed by atoms with van der Waals surface area (Å²) in [6.07, 6.45) is 0. The van der Waals surface area contributed by atoms with E-state index in [4.69, 9.17) is 9.15 Å². The van der Waals surface area contributed by atoms with Crippen LogP contribution in [0.5, 0.6) is 0 Å². The van der Waals surface area contributed by atoms with Crippen molar-refractivity contribution >= 4 is 5.97 Å². The molecule has 1 aromatic heterocycles. The van der Waals surface area contributed by atoms with Crippen LogP contribution < -0.4 is 0 Å². The number of aliphatic hydroxyl groups is 1. The van der Waals surface area contributed by atoms with Crippen molar-refractivity contribution in [2.24, 2.45) is 0 Å². The third kappa shape index (κ3) is 3.75. The second-order valence-corrected chi connectivity index (χ2v) is 6.91. The molecule has 1 heterocycles. The molecule has 0 amide bonds. The first-order chi connectivity index (χ1) is 14.6. The van der Waals surface area contributed by atoms with E-state index in [9.17, 15) is 9.90 Å². The zero-order valence-corrected chi connectivity index (χ0v) is 16.5. The number of aromatic nitrogens is 1. The lowest BCUT2D eigenvalue weighted by atomic mass is 9.86. The van der Waals surface area contributed by atoms with Gasteiger partial charge in [0.25, 0.3) is 0 Å². The summed E-state index contributed by atoms with van der Waals surface area (Å²) in [5, 5.41) is 11.4. The van der Waals surface area contributed by atoms with Gasteiger partial charge in [-0.2, -0.15) is 0 Å². The highest BCUT2D eigenvalue weighted by molar-refractivity contribution is 5.85. The largest absolute Gasteiger partial charge is 0.456 e. The summed E-state index contributed by atoms with van der Waals surface area (Å²) in [5.74, 6) is 0.244. The van der Waals surface area contributed by atoms with E-state index in [1.165, 1.54) is 0 Å². The van der Waals surface area contributed by atoms with Crippen LogP contribution in [0.1, 0.15) is 22.6 Å². The molecule has 0 atom stereocenters. The maximum absolute atomic E-state index is 13.1. The van der Waals surface area contributed by atoms with Crippen LogP contribution in [-0.4, -0.2) is 16.1 Å². The van der Waals surface area contributed by atoms with Crippen molar-refractivity contribution in [1.82, 2.24) is 4.98 Å². The van der Waals surface area contributed by atoms with Crippen LogP contribution in [0.2, 0.25) is 0 Å². The lowest BCUT2D eigenvalue weighted by molar-refractivity contribution is -0.163. The number of oxazole rings is 1. The standard InChI is InChI=1S/C25H21NO4/c1-18-22(26-23(30-18)19-11-5-2-6-12-19)17-29-24(27)25(28,20-13-7-3-8-14-20)21-15-9-4-10-16-21/h2-16,28H,17H2,1H3. The molecule has 4 rings (SSSR count). The van der Waals surface area contributed by atoms with Gasteiger partial charge in [0.05, 0.1) is 0 Å². The number of rotatable bonds is 6. The first-order valence-corrected chi connectivity index (χ1v) is 9.61. The normalized spacial score (nSPS) is 11.3. The molecule has 0 radical (unpaired) electrons. The van der Waals surface area contributed by atoms with E-state index in [1.54, 1.807) is 55.5 Å². The molecule has 0 unspecified atom stereocenters. The van der Waals surface area contributed by atoms with Gasteiger partial charge in [0.15, 0.2) is 0 Å². The van der Waals surface area contributed by atoms with Crippen molar-refractivity contribution in [3.63, 3.8) is 0 Å². The maximum atomic E-state index is 13.1. The Kier molecular flexibility index (Phi) is 5.46. The molecular formula is C25H21NO4. The van der Waals surface area contributed by atoms with E-state index in [0.29, 0.717) is 28.5 Å². The molecular weight excluding hydrogens is 378 g/mol. The van der Waals surface area contributed by atoms with Crippen LogP contribution in [0, 0.1) is 6.92 Å². The number of hydrogen-bond acceptors (Lipinski definition) is 5. The Morgan fingerprint density at radius 1 is 0.900 bits per heavy atom. The number of aryl methyl sites for hydroxylation is 1. The molecule has 1 N–H and O–H groups in total. The molecule has 5 nitrogen and oxygen atoms in total. The number of benzene rings is 3. The second-order valence-electron chi connectivity index (χ2n) is 6.91. The molecule has 0 saturated carbocycles. The fourth-order valence-electron chi connectivity index (χ4n) is 3.27. The summed E-state index contributed by atoms with van der Waals surface area (Å²) < 4.78 is 11.2. The number of hydrogen-bond donors (Lipinski definition) is 1. The molecule has 0 saturated heterocycles. The molecule has 150 valence electrons. The minimum atomic E-state index is -1.93. The van der Waals surface area contributed by atoms with Crippen LogP contribution in [-0.2, 0) is 21.7 Å². The molecule has 30 heavy (non-hydrogen) atoms. The van der Waals surface area contributed by atoms with Gasteiger partial charge in [0.1, 0.15) is 18.1 Å². The highest BCUT2D eigenvalue weighted by Gasteiger charge is 2.41. The summed E-state index contributed by atoms with van der Waals surface area (Å²) in [5.41, 5.74) is 0.280. The Balaban J connectivity index is 1.60. The first-order valence-electron chi connectivity index (χ1n) is 9.61. The summed E-state index contributed by atoms with van der Waals surface area (Å²) in [4.78, 5) is 17.6. The zero-order valence-electron chi connectivity index (χ0n) is 16.5. The highest BCUT2D eigenvalue weighted by atomic mass is 16.6. The van der Waals surface area contributed by atoms with Crippen molar-refractivity contribution in [3.8, 4) is 11.5 Å². The average molecular weight is 399 g/mol. The summed E-state index contributed by atoms with van der Waals surface area (Å²) in [6.45, 7) is 1.66. The third-order valence-corrected chi connectivity index (χ3v) is 4.93. The number of ether oxygens (including phenoxy) is 1. The lowest BCUT2D eigenvalue weighted by Gasteiger charge is -2.26. The van der Waals surface area contributed by atoms with Crippen LogP contribution in [0.3, 0.4) is 0 Å². The monoisotopic (exact) mass is 399 g/mol. The van der Waals surface area contributed by atoms with Gasteiger partial charge < -0.3 is 14.3 Å². The molecule has 0 spiro atoms. The highest BCUT2D eigenvalue weighted by Crippen LogP contribution is 2.31. The number of nitrogens with zero attached hydrogens (tertiary/aromatic N) is 1. The van der Waals surface area contributed by atoms with Crippen molar-refractivity contribution in [1.29, 1.82) is 0 Å². The van der Waals surface area contributed by atoms with Gasteiger partial charge in [-0.15, -0.1) is 0 Å². The Morgan fingerprint density at radius 2 is 1.40 bits per heavy atom. The number of carbonyl (C=O) groups excluding carboxylic acids is 1. The molecule has 3 aromatic carbocycles. The molecule has 0 aliphatic carbocycles. The van der Waals surface area contributed by atoms with E-state index in [-0.39, 0.29) is 6.61 Å². The topological polar surface area (TPSA) is 72.6 Å². The van der Waals surface area contributed by atoms with Gasteiger partial charge in [-0.3, -0.25) is 0 Å². The minimum Gasteiger partial charge on any atom is -0.456 e. The molecule has 0 bridgehead atoms. The average Bonchev–Trinajstić information content (AvgIpc) is 3.19. The fraction of sp³-hybridized carbons (Fsp3) is 0.120. The minimum absolute atomic E-state index is 0.108. The zero-order chi connectivity index (χ0) is 21.0. The molecule has 5 heteroatoms. The molecule has 4 aromatic rings. The molecule has 0 aliphatic rings. The predicted octanol–water partition coefficient (Wildman–Crippen LogP) is 4.63. The van der Waals surface area contributed by atoms with Crippen LogP contribution in [0.4, 0.5) is 0 Å². The fourth-order valence-corrected chi connectivity index (χ4v) is 3.27. The van der Waals surface area contributed by atoms with E-state index in [0.717, 1.165) is 5.56 Å². The Hall–Kier alpha value is -3.70. The summed E-state index contributed by atoms with van der Waals surface area (Å²) in [6, 6.07) is 27.0. The summed E-state index contributed by atoms with van der Waals surface area (Å²) in [7, 11) is 0. The van der Waals surface area contributed by atoms with Gasteiger partial charge in [-0.25, -0.2) is 9.78 Å². The van der Waals surface area contributed by atoms with Crippen LogP contribution >= 0.6 is 0 Å². The maximum Gasteiger partial charge on any atom is 0.348 e. The van der Waals surface area contributed by atoms with Gasteiger partial charge in [-0.05, 0) is 30.2 Å². The number of carbonyl (C=O) groups is 1. The van der Waals surface area contributed by atoms with Gasteiger partial charge >= 0.3 is 5.97 Å². The van der Waals surface area contributed by atoms with Gasteiger partial charge in [0.2, 0.25) is 11.5 Å². The van der Waals surface area contributed by atoms with Crippen molar-refractivity contribution in [3.05, 3.63) is 114 Å². The van der Waals surface area contributed by atoms with Crippen LogP contribution in [0.25, 0.3) is 11.5 Å². The lowest BCUT2D eigenvalue weighted by Crippen LogP contribution is -2.38. The van der Waals surface area contributed by atoms with E-state index >= 15 is 0 Å². The Labute approximate surface area is 174 Å². The SMILES string of the molecule is Cc1oc(-c2ccccc2)nc1COC(=O)C(O)(c1ccccc1)c1ccccc1. The van der Waals surface area contributed by atoms with Crippen molar-refractivity contribution < 1.29 is 19.1 Å². The molecule has 0 aliphatic heterocycles. The van der Waals surface area contributed by atoms with E-state index in [2.05, 4.69) is 4.98 Å². The van der Waals surface area contributed by atoms with Crippen molar-refractivity contribution in [2.45, 2.75) is 19.1 Å². The van der Waals surface area contributed by atoms with Gasteiger partial charge in [-0.1, -0.05) is 78.9 Å². The Morgan fingerprint density at radius 3 is 1.93 bits per heavy atom. The first kappa shape index (κ1) is 19.6. The summed E-state index contributed by atoms with van der Waals surface area (Å²) >= 11 is 0. The van der Waals surface area contributed by atoms with E-state index < -0.39 is 11.6 Å². The second kappa shape index (κ2) is 8.35. The van der Waals surface area contributed by atoms with E-state index in [1.807, 2.05) is 42.5 Å². The third-order valence-electron chi connectivity index (χ3n) is 4.93. The quantitative estimate of drug-likeness (QED) is 0.479. The molecule has 0 fully saturated rings. The smallest absolute Gasteiger partial charge is 0.348 e.